The summed E-state index contributed by atoms with van der Waals surface area (Å²) in [5.74, 6) is 0.617. The van der Waals surface area contributed by atoms with Crippen LogP contribution in [0.1, 0.15) is 51.5 Å². The number of piperidine rings is 1. The second-order valence-corrected chi connectivity index (χ2v) is 9.12. The third-order valence-electron chi connectivity index (χ3n) is 4.59. The van der Waals surface area contributed by atoms with Crippen LogP contribution in [0.4, 0.5) is 4.79 Å². The molecule has 2 rings (SSSR count). The maximum atomic E-state index is 12.9. The van der Waals surface area contributed by atoms with Gasteiger partial charge in [0.2, 0.25) is 10.0 Å². The molecule has 0 spiro atoms. The van der Waals surface area contributed by atoms with Gasteiger partial charge in [-0.2, -0.15) is 4.31 Å². The lowest BCUT2D eigenvalue weighted by atomic mass is 10.1. The zero-order chi connectivity index (χ0) is 19.0. The smallest absolute Gasteiger partial charge is 0.315 e. The lowest BCUT2D eigenvalue weighted by molar-refractivity contribution is 0.240. The number of hydrogen-bond donors (Lipinski definition) is 2. The largest absolute Gasteiger partial charge is 0.338 e. The Morgan fingerprint density at radius 2 is 1.81 bits per heavy atom. The molecular formula is C19H31N3O3S. The van der Waals surface area contributed by atoms with Crippen molar-refractivity contribution in [2.24, 2.45) is 5.92 Å². The van der Waals surface area contributed by atoms with Crippen molar-refractivity contribution in [1.29, 1.82) is 0 Å². The van der Waals surface area contributed by atoms with Crippen molar-refractivity contribution in [3.8, 4) is 0 Å². The topological polar surface area (TPSA) is 78.5 Å². The Labute approximate surface area is 157 Å². The molecule has 0 aromatic heterocycles. The van der Waals surface area contributed by atoms with Crippen LogP contribution in [0.3, 0.4) is 0 Å². The highest BCUT2D eigenvalue weighted by atomic mass is 32.2. The van der Waals surface area contributed by atoms with Crippen LogP contribution in [0, 0.1) is 5.92 Å². The summed E-state index contributed by atoms with van der Waals surface area (Å²) < 4.78 is 27.4. The van der Waals surface area contributed by atoms with Crippen molar-refractivity contribution in [3.05, 3.63) is 29.8 Å². The predicted octanol–water partition coefficient (Wildman–Crippen LogP) is 3.10. The van der Waals surface area contributed by atoms with Crippen LogP contribution in [0.25, 0.3) is 0 Å². The van der Waals surface area contributed by atoms with Crippen LogP contribution >= 0.6 is 0 Å². The van der Waals surface area contributed by atoms with Crippen LogP contribution < -0.4 is 10.6 Å². The molecule has 1 aromatic carbocycles. The molecule has 0 unspecified atom stereocenters. The van der Waals surface area contributed by atoms with Crippen LogP contribution in [0.2, 0.25) is 0 Å². The van der Waals surface area contributed by atoms with Gasteiger partial charge in [-0.05, 0) is 43.2 Å². The van der Waals surface area contributed by atoms with Gasteiger partial charge in [0.25, 0.3) is 0 Å². The molecule has 1 aliphatic heterocycles. The van der Waals surface area contributed by atoms with E-state index in [4.69, 9.17) is 0 Å². The molecule has 146 valence electrons. The Hall–Kier alpha value is -1.60. The average Bonchev–Trinajstić information content (AvgIpc) is 2.64. The van der Waals surface area contributed by atoms with Crippen molar-refractivity contribution in [2.45, 2.75) is 57.4 Å². The fraction of sp³-hybridized carbons (Fsp3) is 0.632. The van der Waals surface area contributed by atoms with Gasteiger partial charge in [0.15, 0.2) is 0 Å². The molecule has 1 fully saturated rings. The van der Waals surface area contributed by atoms with Crippen LogP contribution in [-0.4, -0.2) is 38.4 Å². The summed E-state index contributed by atoms with van der Waals surface area (Å²) in [4.78, 5) is 12.2. The third kappa shape index (κ3) is 5.99. The van der Waals surface area contributed by atoms with Crippen LogP contribution in [0.15, 0.2) is 29.2 Å². The van der Waals surface area contributed by atoms with Gasteiger partial charge in [-0.3, -0.25) is 0 Å². The van der Waals surface area contributed by atoms with E-state index in [0.717, 1.165) is 32.1 Å². The van der Waals surface area contributed by atoms with Crippen molar-refractivity contribution in [3.63, 3.8) is 0 Å². The standard InChI is InChI=1S/C19H31N3O3S/c1-16(2)9-8-12-20-19(23)21-15-17-10-4-5-11-18(17)26(24,25)22-13-6-3-7-14-22/h4-5,10-11,16H,3,6-9,12-15H2,1-2H3,(H2,20,21,23). The van der Waals surface area contributed by atoms with Crippen molar-refractivity contribution >= 4 is 16.1 Å². The molecule has 7 heteroatoms. The minimum atomic E-state index is -3.51. The van der Waals surface area contributed by atoms with Gasteiger partial charge in [-0.1, -0.05) is 38.5 Å². The number of amides is 2. The molecule has 6 nitrogen and oxygen atoms in total. The van der Waals surface area contributed by atoms with E-state index in [1.54, 1.807) is 28.6 Å². The summed E-state index contributed by atoms with van der Waals surface area (Å²) in [6.45, 7) is 6.26. The molecule has 1 heterocycles. The van der Waals surface area contributed by atoms with Crippen molar-refractivity contribution in [2.75, 3.05) is 19.6 Å². The fourth-order valence-electron chi connectivity index (χ4n) is 3.10. The van der Waals surface area contributed by atoms with Crippen molar-refractivity contribution in [1.82, 2.24) is 14.9 Å². The van der Waals surface area contributed by atoms with Gasteiger partial charge in [0.05, 0.1) is 4.90 Å². The minimum absolute atomic E-state index is 0.194. The number of carbonyl (C=O) groups excluding carboxylic acids is 1. The first-order chi connectivity index (χ1) is 12.4. The maximum absolute atomic E-state index is 12.9. The van der Waals surface area contributed by atoms with E-state index >= 15 is 0 Å². The second-order valence-electron chi connectivity index (χ2n) is 7.22. The molecule has 1 aliphatic rings. The molecule has 26 heavy (non-hydrogen) atoms. The number of sulfonamides is 1. The average molecular weight is 382 g/mol. The number of urea groups is 1. The molecule has 2 amide bonds. The molecule has 0 bridgehead atoms. The minimum Gasteiger partial charge on any atom is -0.338 e. The molecule has 1 aromatic rings. The summed E-state index contributed by atoms with van der Waals surface area (Å²) in [5, 5.41) is 5.59. The molecule has 0 saturated carbocycles. The summed E-state index contributed by atoms with van der Waals surface area (Å²) in [5.41, 5.74) is 0.621. The number of nitrogens with one attached hydrogen (secondary N) is 2. The molecule has 1 saturated heterocycles. The highest BCUT2D eigenvalue weighted by Gasteiger charge is 2.27. The monoisotopic (exact) mass is 381 g/mol. The molecule has 0 radical (unpaired) electrons. The lowest BCUT2D eigenvalue weighted by Gasteiger charge is -2.26. The Morgan fingerprint density at radius 3 is 2.50 bits per heavy atom. The van der Waals surface area contributed by atoms with E-state index in [2.05, 4.69) is 24.5 Å². The Kier molecular flexibility index (Phi) is 7.90. The predicted molar refractivity (Wildman–Crippen MR) is 103 cm³/mol. The van der Waals surface area contributed by atoms with E-state index < -0.39 is 10.0 Å². The first-order valence-electron chi connectivity index (χ1n) is 9.51. The quantitative estimate of drug-likeness (QED) is 0.679. The normalized spacial score (nSPS) is 15.8. The molecule has 0 atom stereocenters. The van der Waals surface area contributed by atoms with Gasteiger partial charge in [-0.25, -0.2) is 13.2 Å². The van der Waals surface area contributed by atoms with E-state index in [1.165, 1.54) is 0 Å². The fourth-order valence-corrected chi connectivity index (χ4v) is 4.84. The summed E-state index contributed by atoms with van der Waals surface area (Å²) >= 11 is 0. The van der Waals surface area contributed by atoms with Crippen molar-refractivity contribution < 1.29 is 13.2 Å². The zero-order valence-corrected chi connectivity index (χ0v) is 16.6. The molecule has 0 aliphatic carbocycles. The number of hydrogen-bond acceptors (Lipinski definition) is 3. The number of nitrogens with zero attached hydrogens (tertiary/aromatic N) is 1. The van der Waals surface area contributed by atoms with Crippen LogP contribution in [-0.2, 0) is 16.6 Å². The Morgan fingerprint density at radius 1 is 1.12 bits per heavy atom. The van der Waals surface area contributed by atoms with Gasteiger partial charge in [0.1, 0.15) is 0 Å². The zero-order valence-electron chi connectivity index (χ0n) is 15.8. The Bertz CT molecular complexity index is 683. The second kappa shape index (κ2) is 9.92. The molecule has 2 N–H and O–H groups in total. The summed E-state index contributed by atoms with van der Waals surface area (Å²) in [6, 6.07) is 6.65. The van der Waals surface area contributed by atoms with E-state index in [0.29, 0.717) is 36.0 Å². The number of carbonyl (C=O) groups is 1. The summed E-state index contributed by atoms with van der Waals surface area (Å²) in [7, 11) is -3.51. The van der Waals surface area contributed by atoms with E-state index in [1.807, 2.05) is 0 Å². The summed E-state index contributed by atoms with van der Waals surface area (Å²) in [6.07, 6.45) is 4.88. The van der Waals surface area contributed by atoms with E-state index in [-0.39, 0.29) is 12.6 Å². The van der Waals surface area contributed by atoms with E-state index in [9.17, 15) is 13.2 Å². The van der Waals surface area contributed by atoms with Gasteiger partial charge >= 0.3 is 6.03 Å². The first kappa shape index (κ1) is 20.7. The lowest BCUT2D eigenvalue weighted by Crippen LogP contribution is -2.38. The molecular weight excluding hydrogens is 350 g/mol. The SMILES string of the molecule is CC(C)CCCNC(=O)NCc1ccccc1S(=O)(=O)N1CCCCC1. The van der Waals surface area contributed by atoms with Gasteiger partial charge in [0, 0.05) is 26.2 Å². The maximum Gasteiger partial charge on any atom is 0.315 e. The Balaban J connectivity index is 1.95. The number of benzene rings is 1. The third-order valence-corrected chi connectivity index (χ3v) is 6.59. The highest BCUT2D eigenvalue weighted by molar-refractivity contribution is 7.89. The van der Waals surface area contributed by atoms with Gasteiger partial charge < -0.3 is 10.6 Å². The highest BCUT2D eigenvalue weighted by Crippen LogP contribution is 2.23. The number of rotatable bonds is 8. The van der Waals surface area contributed by atoms with Gasteiger partial charge in [-0.15, -0.1) is 0 Å². The first-order valence-corrected chi connectivity index (χ1v) is 10.9. The van der Waals surface area contributed by atoms with Crippen LogP contribution in [0.5, 0.6) is 0 Å².